The highest BCUT2D eigenvalue weighted by atomic mass is 127. The van der Waals surface area contributed by atoms with Crippen LogP contribution >= 0.6 is 24.0 Å². The molecule has 0 saturated carbocycles. The third-order valence-electron chi connectivity index (χ3n) is 4.65. The van der Waals surface area contributed by atoms with Crippen LogP contribution in [0, 0.1) is 0 Å². The number of guanidine groups is 1. The minimum Gasteiger partial charge on any atom is -0.493 e. The van der Waals surface area contributed by atoms with Gasteiger partial charge in [-0.1, -0.05) is 24.3 Å². The molecule has 6 nitrogen and oxygen atoms in total. The van der Waals surface area contributed by atoms with E-state index in [1.165, 1.54) is 5.56 Å². The summed E-state index contributed by atoms with van der Waals surface area (Å²) in [6.45, 7) is 4.22. The second kappa shape index (κ2) is 12.2. The van der Waals surface area contributed by atoms with E-state index in [0.717, 1.165) is 53.4 Å². The lowest BCUT2D eigenvalue weighted by Crippen LogP contribution is -2.38. The number of aromatic nitrogens is 1. The molecule has 0 unspecified atom stereocenters. The van der Waals surface area contributed by atoms with Crippen LogP contribution in [0.4, 0.5) is 0 Å². The van der Waals surface area contributed by atoms with Crippen molar-refractivity contribution in [2.24, 2.45) is 4.99 Å². The summed E-state index contributed by atoms with van der Waals surface area (Å²) in [6, 6.07) is 16.2. The van der Waals surface area contributed by atoms with Crippen molar-refractivity contribution in [2.75, 3.05) is 27.3 Å². The summed E-state index contributed by atoms with van der Waals surface area (Å²) in [5, 5.41) is 7.85. The number of methoxy groups -OCH3 is 2. The number of hydrogen-bond donors (Lipinski definition) is 2. The number of halogens is 1. The van der Waals surface area contributed by atoms with E-state index in [1.807, 2.05) is 42.6 Å². The number of ether oxygens (including phenoxy) is 2. The van der Waals surface area contributed by atoms with E-state index in [2.05, 4.69) is 34.7 Å². The van der Waals surface area contributed by atoms with Crippen LogP contribution in [0.3, 0.4) is 0 Å². The number of pyridine rings is 1. The van der Waals surface area contributed by atoms with Crippen LogP contribution in [0.15, 0.2) is 59.7 Å². The Morgan fingerprint density at radius 2 is 1.80 bits per heavy atom. The van der Waals surface area contributed by atoms with Gasteiger partial charge in [-0.05, 0) is 48.7 Å². The molecule has 0 fully saturated rings. The van der Waals surface area contributed by atoms with Crippen LogP contribution in [-0.4, -0.2) is 38.3 Å². The van der Waals surface area contributed by atoms with E-state index >= 15 is 0 Å². The first-order valence-electron chi connectivity index (χ1n) is 9.81. The van der Waals surface area contributed by atoms with Gasteiger partial charge in [0, 0.05) is 24.7 Å². The number of nitrogens with zero attached hydrogens (tertiary/aromatic N) is 2. The zero-order valence-corrected chi connectivity index (χ0v) is 20.0. The molecule has 0 aliphatic carbocycles. The maximum absolute atomic E-state index is 5.38. The van der Waals surface area contributed by atoms with Gasteiger partial charge in [0.15, 0.2) is 17.5 Å². The van der Waals surface area contributed by atoms with E-state index in [1.54, 1.807) is 14.2 Å². The van der Waals surface area contributed by atoms with Crippen LogP contribution in [0.25, 0.3) is 10.9 Å². The molecule has 160 valence electrons. The molecule has 7 heteroatoms. The lowest BCUT2D eigenvalue weighted by atomic mass is 10.1. The summed E-state index contributed by atoms with van der Waals surface area (Å²) in [5.74, 6) is 2.28. The van der Waals surface area contributed by atoms with E-state index in [4.69, 9.17) is 14.5 Å². The number of benzene rings is 2. The van der Waals surface area contributed by atoms with Crippen molar-refractivity contribution >= 4 is 40.8 Å². The van der Waals surface area contributed by atoms with Crippen LogP contribution < -0.4 is 20.1 Å². The fourth-order valence-corrected chi connectivity index (χ4v) is 3.16. The van der Waals surface area contributed by atoms with E-state index in [-0.39, 0.29) is 24.0 Å². The Morgan fingerprint density at radius 1 is 1.00 bits per heavy atom. The number of para-hydroxylation sites is 1. The minimum atomic E-state index is 0. The van der Waals surface area contributed by atoms with Gasteiger partial charge in [-0.3, -0.25) is 4.98 Å². The molecule has 0 saturated heterocycles. The average Bonchev–Trinajstić information content (AvgIpc) is 2.77. The van der Waals surface area contributed by atoms with Gasteiger partial charge in [0.1, 0.15) is 0 Å². The lowest BCUT2D eigenvalue weighted by Gasteiger charge is -2.13. The Bertz CT molecular complexity index is 973. The zero-order chi connectivity index (χ0) is 20.5. The molecule has 0 atom stereocenters. The molecule has 0 bridgehead atoms. The van der Waals surface area contributed by atoms with Gasteiger partial charge in [0.25, 0.3) is 0 Å². The van der Waals surface area contributed by atoms with E-state index in [0.29, 0.717) is 6.54 Å². The first kappa shape index (κ1) is 23.7. The van der Waals surface area contributed by atoms with Gasteiger partial charge in [0.05, 0.1) is 26.3 Å². The Balaban J connectivity index is 0.00000320. The molecular weight excluding hydrogens is 491 g/mol. The summed E-state index contributed by atoms with van der Waals surface area (Å²) >= 11 is 0. The molecule has 30 heavy (non-hydrogen) atoms. The maximum atomic E-state index is 5.38. The number of rotatable bonds is 8. The second-order valence-electron chi connectivity index (χ2n) is 6.55. The van der Waals surface area contributed by atoms with E-state index in [9.17, 15) is 0 Å². The third kappa shape index (κ3) is 6.22. The molecule has 0 radical (unpaired) electrons. The predicted octanol–water partition coefficient (Wildman–Crippen LogP) is 4.17. The third-order valence-corrected chi connectivity index (χ3v) is 4.65. The largest absolute Gasteiger partial charge is 0.493 e. The molecule has 3 aromatic rings. The molecule has 0 aliphatic heterocycles. The number of hydrogen-bond acceptors (Lipinski definition) is 4. The monoisotopic (exact) mass is 520 g/mol. The molecule has 2 N–H and O–H groups in total. The van der Waals surface area contributed by atoms with Crippen molar-refractivity contribution in [2.45, 2.75) is 19.9 Å². The van der Waals surface area contributed by atoms with Crippen molar-refractivity contribution in [1.82, 2.24) is 15.6 Å². The fourth-order valence-electron chi connectivity index (χ4n) is 3.16. The van der Waals surface area contributed by atoms with Crippen LogP contribution in [0.5, 0.6) is 11.5 Å². The van der Waals surface area contributed by atoms with Crippen molar-refractivity contribution in [3.8, 4) is 11.5 Å². The van der Waals surface area contributed by atoms with Gasteiger partial charge < -0.3 is 20.1 Å². The number of fused-ring (bicyclic) bond motifs is 1. The van der Waals surface area contributed by atoms with Crippen molar-refractivity contribution in [1.29, 1.82) is 0 Å². The van der Waals surface area contributed by atoms with E-state index < -0.39 is 0 Å². The predicted molar refractivity (Wildman–Crippen MR) is 133 cm³/mol. The molecule has 2 aromatic carbocycles. The number of nitrogens with one attached hydrogen (secondary N) is 2. The highest BCUT2D eigenvalue weighted by molar-refractivity contribution is 14.0. The summed E-state index contributed by atoms with van der Waals surface area (Å²) in [5.41, 5.74) is 3.32. The van der Waals surface area contributed by atoms with Crippen LogP contribution in [-0.2, 0) is 13.0 Å². The molecule has 0 amide bonds. The normalized spacial score (nSPS) is 11.0. The second-order valence-corrected chi connectivity index (χ2v) is 6.55. The SMILES string of the molecule is CCNC(=NCc1ccnc2ccccc12)NCCc1ccc(OC)c(OC)c1.I. The summed E-state index contributed by atoms with van der Waals surface area (Å²) in [7, 11) is 3.29. The maximum Gasteiger partial charge on any atom is 0.191 e. The van der Waals surface area contributed by atoms with Gasteiger partial charge in [0.2, 0.25) is 0 Å². The lowest BCUT2D eigenvalue weighted by molar-refractivity contribution is 0.354. The topological polar surface area (TPSA) is 67.8 Å². The molecule has 0 aliphatic rings. The van der Waals surface area contributed by atoms with Crippen molar-refractivity contribution in [3.05, 3.63) is 65.9 Å². The molecule has 0 spiro atoms. The molecule has 1 aromatic heterocycles. The highest BCUT2D eigenvalue weighted by Gasteiger charge is 2.05. The van der Waals surface area contributed by atoms with Crippen molar-refractivity contribution < 1.29 is 9.47 Å². The Morgan fingerprint density at radius 3 is 2.57 bits per heavy atom. The van der Waals surface area contributed by atoms with Gasteiger partial charge in [-0.2, -0.15) is 0 Å². The Labute approximate surface area is 195 Å². The highest BCUT2D eigenvalue weighted by Crippen LogP contribution is 2.27. The van der Waals surface area contributed by atoms with Crippen molar-refractivity contribution in [3.63, 3.8) is 0 Å². The quantitative estimate of drug-likeness (QED) is 0.265. The van der Waals surface area contributed by atoms with Crippen LogP contribution in [0.2, 0.25) is 0 Å². The summed E-state index contributed by atoms with van der Waals surface area (Å²) in [6.07, 6.45) is 2.69. The fraction of sp³-hybridized carbons (Fsp3) is 0.304. The molecule has 3 rings (SSSR count). The molecular formula is C23H29IN4O2. The summed E-state index contributed by atoms with van der Waals surface area (Å²) in [4.78, 5) is 9.16. The van der Waals surface area contributed by atoms with Gasteiger partial charge in [-0.25, -0.2) is 4.99 Å². The standard InChI is InChI=1S/C23H28N4O2.HI/c1-4-24-23(26-13-11-17-9-10-21(28-2)22(15-17)29-3)27-16-18-12-14-25-20-8-6-5-7-19(18)20;/h5-10,12,14-15H,4,11,13,16H2,1-3H3,(H2,24,26,27);1H. The first-order chi connectivity index (χ1) is 14.2. The number of aliphatic imine (C=N–C) groups is 1. The smallest absolute Gasteiger partial charge is 0.191 e. The Kier molecular flexibility index (Phi) is 9.66. The average molecular weight is 520 g/mol. The summed E-state index contributed by atoms with van der Waals surface area (Å²) < 4.78 is 10.7. The first-order valence-corrected chi connectivity index (χ1v) is 9.81. The minimum absolute atomic E-state index is 0. The van der Waals surface area contributed by atoms with Gasteiger partial charge in [-0.15, -0.1) is 24.0 Å². The zero-order valence-electron chi connectivity index (χ0n) is 17.6. The van der Waals surface area contributed by atoms with Gasteiger partial charge >= 0.3 is 0 Å². The molecule has 1 heterocycles. The Hall–Kier alpha value is -2.55. The van der Waals surface area contributed by atoms with Crippen LogP contribution in [0.1, 0.15) is 18.1 Å².